The molecule has 3 rings (SSSR count). The Morgan fingerprint density at radius 3 is 2.39 bits per heavy atom. The van der Waals surface area contributed by atoms with Gasteiger partial charge in [-0.15, -0.1) is 0 Å². The third kappa shape index (κ3) is 2.46. The fraction of sp³-hybridized carbons (Fsp3) is 0.389. The standard InChI is InChI=1S/C18H20O5/c1-9-12(4)22-16-11(3)17-14(7-13(9)16)15(8-21-6-5-19)10(2)18(20)23-17/h7,19H,5-6,8H2,1-4H3. The Bertz CT molecular complexity index is 946. The highest BCUT2D eigenvalue weighted by Crippen LogP contribution is 2.34. The van der Waals surface area contributed by atoms with Crippen LogP contribution >= 0.6 is 0 Å². The molecule has 0 aliphatic heterocycles. The summed E-state index contributed by atoms with van der Waals surface area (Å²) in [6.45, 7) is 8.00. The Labute approximate surface area is 133 Å². The highest BCUT2D eigenvalue weighted by atomic mass is 16.5. The lowest BCUT2D eigenvalue weighted by molar-refractivity contribution is 0.0817. The molecule has 0 spiro atoms. The average molecular weight is 316 g/mol. The molecule has 5 heteroatoms. The van der Waals surface area contributed by atoms with E-state index >= 15 is 0 Å². The van der Waals surface area contributed by atoms with Gasteiger partial charge in [-0.05, 0) is 44.9 Å². The van der Waals surface area contributed by atoms with E-state index in [9.17, 15) is 4.79 Å². The molecule has 1 aromatic carbocycles. The molecular weight excluding hydrogens is 296 g/mol. The van der Waals surface area contributed by atoms with Crippen LogP contribution in [-0.4, -0.2) is 18.3 Å². The summed E-state index contributed by atoms with van der Waals surface area (Å²) >= 11 is 0. The number of aryl methyl sites for hydroxylation is 3. The first-order valence-electron chi connectivity index (χ1n) is 7.60. The van der Waals surface area contributed by atoms with Gasteiger partial charge in [-0.25, -0.2) is 4.79 Å². The zero-order chi connectivity index (χ0) is 16.7. The number of furan rings is 1. The van der Waals surface area contributed by atoms with E-state index in [2.05, 4.69) is 0 Å². The van der Waals surface area contributed by atoms with Gasteiger partial charge in [0.2, 0.25) is 0 Å². The molecule has 1 N–H and O–H groups in total. The second-order valence-electron chi connectivity index (χ2n) is 5.81. The van der Waals surface area contributed by atoms with E-state index in [1.54, 1.807) is 6.92 Å². The number of benzene rings is 1. The minimum absolute atomic E-state index is 0.0538. The lowest BCUT2D eigenvalue weighted by Gasteiger charge is -2.11. The van der Waals surface area contributed by atoms with Crippen molar-refractivity contribution < 1.29 is 18.7 Å². The monoisotopic (exact) mass is 316 g/mol. The van der Waals surface area contributed by atoms with E-state index < -0.39 is 0 Å². The van der Waals surface area contributed by atoms with Gasteiger partial charge in [0.15, 0.2) is 0 Å². The molecular formula is C18H20O5. The number of fused-ring (bicyclic) bond motifs is 2. The van der Waals surface area contributed by atoms with E-state index in [4.69, 9.17) is 18.7 Å². The molecule has 0 saturated carbocycles. The Morgan fingerprint density at radius 1 is 1.00 bits per heavy atom. The molecule has 0 aliphatic carbocycles. The number of rotatable bonds is 4. The van der Waals surface area contributed by atoms with Crippen LogP contribution in [0.5, 0.6) is 0 Å². The third-order valence-corrected chi connectivity index (χ3v) is 4.41. The van der Waals surface area contributed by atoms with Crippen molar-refractivity contribution >= 4 is 21.9 Å². The number of ether oxygens (including phenoxy) is 1. The van der Waals surface area contributed by atoms with E-state index in [0.717, 1.165) is 38.8 Å². The van der Waals surface area contributed by atoms with Crippen LogP contribution in [0.4, 0.5) is 0 Å². The van der Waals surface area contributed by atoms with Crippen molar-refractivity contribution in [1.82, 2.24) is 0 Å². The van der Waals surface area contributed by atoms with Gasteiger partial charge in [-0.3, -0.25) is 0 Å². The van der Waals surface area contributed by atoms with E-state index in [1.807, 2.05) is 26.8 Å². The fourth-order valence-electron chi connectivity index (χ4n) is 2.89. The van der Waals surface area contributed by atoms with E-state index in [0.29, 0.717) is 11.1 Å². The summed E-state index contributed by atoms with van der Waals surface area (Å²) in [4.78, 5) is 12.1. The molecule has 0 bridgehead atoms. The first-order chi connectivity index (χ1) is 11.0. The molecule has 2 aromatic heterocycles. The maximum Gasteiger partial charge on any atom is 0.339 e. The number of hydrogen-bond donors (Lipinski definition) is 1. The van der Waals surface area contributed by atoms with Gasteiger partial charge in [0, 0.05) is 21.9 Å². The summed E-state index contributed by atoms with van der Waals surface area (Å²) in [7, 11) is 0. The lowest BCUT2D eigenvalue weighted by atomic mass is 10.00. The zero-order valence-electron chi connectivity index (χ0n) is 13.8. The average Bonchev–Trinajstić information content (AvgIpc) is 2.81. The van der Waals surface area contributed by atoms with Crippen LogP contribution < -0.4 is 5.63 Å². The van der Waals surface area contributed by atoms with Gasteiger partial charge >= 0.3 is 5.63 Å². The maximum atomic E-state index is 12.1. The van der Waals surface area contributed by atoms with Crippen molar-refractivity contribution in [1.29, 1.82) is 0 Å². The second kappa shape index (κ2) is 5.83. The Morgan fingerprint density at radius 2 is 1.70 bits per heavy atom. The van der Waals surface area contributed by atoms with Gasteiger partial charge in [-0.2, -0.15) is 0 Å². The van der Waals surface area contributed by atoms with Crippen LogP contribution in [0, 0.1) is 27.7 Å². The predicted octanol–water partition coefficient (Wildman–Crippen LogP) is 3.28. The minimum atomic E-state index is -0.373. The van der Waals surface area contributed by atoms with Crippen LogP contribution in [0.1, 0.15) is 28.0 Å². The molecule has 0 radical (unpaired) electrons. The highest BCUT2D eigenvalue weighted by molar-refractivity contribution is 6.00. The van der Waals surface area contributed by atoms with Crippen LogP contribution in [0.15, 0.2) is 19.7 Å². The minimum Gasteiger partial charge on any atom is -0.461 e. The maximum absolute atomic E-state index is 12.1. The summed E-state index contributed by atoms with van der Waals surface area (Å²) in [6, 6.07) is 2.00. The molecule has 0 unspecified atom stereocenters. The van der Waals surface area contributed by atoms with Crippen molar-refractivity contribution in [2.45, 2.75) is 34.3 Å². The van der Waals surface area contributed by atoms with E-state index in [1.165, 1.54) is 0 Å². The topological polar surface area (TPSA) is 72.8 Å². The predicted molar refractivity (Wildman–Crippen MR) is 87.9 cm³/mol. The molecule has 0 atom stereocenters. The van der Waals surface area contributed by atoms with Crippen LogP contribution in [-0.2, 0) is 11.3 Å². The summed E-state index contributed by atoms with van der Waals surface area (Å²) in [5.74, 6) is 0.857. The van der Waals surface area contributed by atoms with Crippen molar-refractivity contribution in [3.8, 4) is 0 Å². The molecule has 3 aromatic rings. The third-order valence-electron chi connectivity index (χ3n) is 4.41. The van der Waals surface area contributed by atoms with Gasteiger partial charge in [0.1, 0.15) is 16.9 Å². The molecule has 2 heterocycles. The Kier molecular flexibility index (Phi) is 4.00. The first-order valence-corrected chi connectivity index (χ1v) is 7.60. The summed E-state index contributed by atoms with van der Waals surface area (Å²) in [6.07, 6.45) is 0. The molecule has 0 amide bonds. The van der Waals surface area contributed by atoms with Gasteiger partial charge in [-0.1, -0.05) is 0 Å². The normalized spacial score (nSPS) is 11.7. The van der Waals surface area contributed by atoms with Gasteiger partial charge in [0.05, 0.1) is 19.8 Å². The van der Waals surface area contributed by atoms with Crippen LogP contribution in [0.2, 0.25) is 0 Å². The Hall–Kier alpha value is -2.11. The van der Waals surface area contributed by atoms with Crippen molar-refractivity contribution in [3.63, 3.8) is 0 Å². The van der Waals surface area contributed by atoms with Gasteiger partial charge < -0.3 is 18.7 Å². The second-order valence-corrected chi connectivity index (χ2v) is 5.81. The highest BCUT2D eigenvalue weighted by Gasteiger charge is 2.18. The lowest BCUT2D eigenvalue weighted by Crippen LogP contribution is -2.10. The molecule has 23 heavy (non-hydrogen) atoms. The molecule has 0 aliphatic rings. The van der Waals surface area contributed by atoms with Crippen LogP contribution in [0.3, 0.4) is 0 Å². The van der Waals surface area contributed by atoms with Crippen molar-refractivity contribution in [2.24, 2.45) is 0 Å². The zero-order valence-corrected chi connectivity index (χ0v) is 13.8. The summed E-state index contributed by atoms with van der Waals surface area (Å²) in [5, 5.41) is 10.8. The smallest absolute Gasteiger partial charge is 0.339 e. The molecule has 0 saturated heterocycles. The number of hydrogen-bond acceptors (Lipinski definition) is 5. The molecule has 122 valence electrons. The summed E-state index contributed by atoms with van der Waals surface area (Å²) in [5.41, 5.74) is 4.14. The Balaban J connectivity index is 2.36. The number of aliphatic hydroxyl groups excluding tert-OH is 1. The van der Waals surface area contributed by atoms with E-state index in [-0.39, 0.29) is 25.4 Å². The SMILES string of the molecule is Cc1oc2c(C)c3oc(=O)c(C)c(COCCO)c3cc2c1C. The first kappa shape index (κ1) is 15.8. The molecule has 5 nitrogen and oxygen atoms in total. The largest absolute Gasteiger partial charge is 0.461 e. The quantitative estimate of drug-likeness (QED) is 0.590. The van der Waals surface area contributed by atoms with Gasteiger partial charge in [0.25, 0.3) is 0 Å². The molecule has 0 fully saturated rings. The van der Waals surface area contributed by atoms with Crippen molar-refractivity contribution in [3.05, 3.63) is 44.5 Å². The van der Waals surface area contributed by atoms with Crippen LogP contribution in [0.25, 0.3) is 21.9 Å². The fourth-order valence-corrected chi connectivity index (χ4v) is 2.89. The van der Waals surface area contributed by atoms with Crippen molar-refractivity contribution in [2.75, 3.05) is 13.2 Å². The summed E-state index contributed by atoms with van der Waals surface area (Å²) < 4.78 is 16.8. The number of aliphatic hydroxyl groups is 1.